The average molecular weight is 169 g/mol. The summed E-state index contributed by atoms with van der Waals surface area (Å²) in [5, 5.41) is 3.28. The molecular formula is C8H9ClN2. The topological polar surface area (TPSA) is 24.1 Å². The minimum atomic E-state index is 0.967. The van der Waals surface area contributed by atoms with Crippen LogP contribution in [-0.2, 0) is 6.42 Å². The number of halogens is 1. The maximum Gasteiger partial charge on any atom is 0.0495 e. The third-order valence-corrected chi connectivity index (χ3v) is 2.14. The van der Waals surface area contributed by atoms with E-state index in [1.54, 1.807) is 0 Å². The normalized spacial score (nSPS) is 13.9. The highest BCUT2D eigenvalue weighted by atomic mass is 35.5. The van der Waals surface area contributed by atoms with Gasteiger partial charge in [-0.05, 0) is 30.2 Å². The third-order valence-electron chi connectivity index (χ3n) is 1.92. The predicted octanol–water partition coefficient (Wildman–Crippen LogP) is 2.22. The van der Waals surface area contributed by atoms with Gasteiger partial charge in [0.05, 0.1) is 0 Å². The summed E-state index contributed by atoms with van der Waals surface area (Å²) in [6.45, 7) is 1.04. The van der Waals surface area contributed by atoms with Crippen molar-refractivity contribution in [1.82, 2.24) is 0 Å². The average Bonchev–Trinajstić information content (AvgIpc) is 2.50. The van der Waals surface area contributed by atoms with E-state index in [4.69, 9.17) is 11.8 Å². The molecule has 0 unspecified atom stereocenters. The van der Waals surface area contributed by atoms with Crippen molar-refractivity contribution in [2.75, 3.05) is 16.7 Å². The number of hydrogen-bond acceptors (Lipinski definition) is 2. The van der Waals surface area contributed by atoms with Gasteiger partial charge in [0.2, 0.25) is 0 Å². The molecule has 0 aliphatic carbocycles. The number of rotatable bonds is 1. The molecule has 0 saturated carbocycles. The zero-order valence-electron chi connectivity index (χ0n) is 6.02. The fourth-order valence-electron chi connectivity index (χ4n) is 1.36. The number of fused-ring (bicyclic) bond motifs is 1. The first kappa shape index (κ1) is 6.80. The summed E-state index contributed by atoms with van der Waals surface area (Å²) in [6, 6.07) is 6.08. The molecule has 0 spiro atoms. The first-order valence-corrected chi connectivity index (χ1v) is 4.01. The Morgan fingerprint density at radius 3 is 3.18 bits per heavy atom. The standard InChI is InChI=1S/C8H9ClN2/c9-11-7-1-2-8-6(5-7)3-4-10-8/h1-2,5,10-11H,3-4H2. The van der Waals surface area contributed by atoms with Gasteiger partial charge in [-0.3, -0.25) is 4.84 Å². The van der Waals surface area contributed by atoms with Crippen LogP contribution in [0.5, 0.6) is 0 Å². The van der Waals surface area contributed by atoms with E-state index in [1.807, 2.05) is 12.1 Å². The molecule has 3 heteroatoms. The first-order valence-electron chi connectivity index (χ1n) is 3.63. The highest BCUT2D eigenvalue weighted by Gasteiger charge is 2.08. The Kier molecular flexibility index (Phi) is 1.62. The fraction of sp³-hybridized carbons (Fsp3) is 0.250. The van der Waals surface area contributed by atoms with Gasteiger partial charge in [-0.2, -0.15) is 0 Å². The number of benzene rings is 1. The highest BCUT2D eigenvalue weighted by Crippen LogP contribution is 2.25. The molecule has 0 saturated heterocycles. The lowest BCUT2D eigenvalue weighted by Gasteiger charge is -2.01. The van der Waals surface area contributed by atoms with Crippen LogP contribution in [0.3, 0.4) is 0 Å². The van der Waals surface area contributed by atoms with E-state index in [1.165, 1.54) is 11.3 Å². The minimum Gasteiger partial charge on any atom is -0.384 e. The molecule has 2 rings (SSSR count). The van der Waals surface area contributed by atoms with E-state index in [0.29, 0.717) is 0 Å². The van der Waals surface area contributed by atoms with Crippen LogP contribution in [0.4, 0.5) is 11.4 Å². The van der Waals surface area contributed by atoms with Crippen LogP contribution in [0.2, 0.25) is 0 Å². The molecule has 1 heterocycles. The van der Waals surface area contributed by atoms with Gasteiger partial charge in [0.15, 0.2) is 0 Å². The van der Waals surface area contributed by atoms with Crippen molar-refractivity contribution in [3.05, 3.63) is 23.8 Å². The molecule has 11 heavy (non-hydrogen) atoms. The van der Waals surface area contributed by atoms with Crippen molar-refractivity contribution in [3.63, 3.8) is 0 Å². The SMILES string of the molecule is ClNc1ccc2c(c1)CCN2. The number of anilines is 2. The summed E-state index contributed by atoms with van der Waals surface area (Å²) in [4.78, 5) is 2.60. The Morgan fingerprint density at radius 1 is 1.45 bits per heavy atom. The lowest BCUT2D eigenvalue weighted by atomic mass is 10.1. The van der Waals surface area contributed by atoms with Crippen molar-refractivity contribution in [1.29, 1.82) is 0 Å². The van der Waals surface area contributed by atoms with E-state index in [-0.39, 0.29) is 0 Å². The second-order valence-electron chi connectivity index (χ2n) is 2.64. The Morgan fingerprint density at radius 2 is 2.36 bits per heavy atom. The molecule has 1 aromatic rings. The molecular weight excluding hydrogens is 160 g/mol. The van der Waals surface area contributed by atoms with E-state index < -0.39 is 0 Å². The summed E-state index contributed by atoms with van der Waals surface area (Å²) >= 11 is 5.46. The Bertz CT molecular complexity index is 273. The second kappa shape index (κ2) is 2.62. The quantitative estimate of drug-likeness (QED) is 0.629. The smallest absolute Gasteiger partial charge is 0.0495 e. The van der Waals surface area contributed by atoms with Crippen molar-refractivity contribution in [2.45, 2.75) is 6.42 Å². The van der Waals surface area contributed by atoms with Gasteiger partial charge in [0, 0.05) is 29.7 Å². The molecule has 0 radical (unpaired) electrons. The van der Waals surface area contributed by atoms with Crippen LogP contribution in [0.15, 0.2) is 18.2 Å². The van der Waals surface area contributed by atoms with Gasteiger partial charge in [0.1, 0.15) is 0 Å². The fourth-order valence-corrected chi connectivity index (χ4v) is 1.48. The summed E-state index contributed by atoms with van der Waals surface area (Å²) in [5.74, 6) is 0. The van der Waals surface area contributed by atoms with Crippen LogP contribution in [0.1, 0.15) is 5.56 Å². The Hall–Kier alpha value is -0.890. The van der Waals surface area contributed by atoms with Gasteiger partial charge >= 0.3 is 0 Å². The predicted molar refractivity (Wildman–Crippen MR) is 48.1 cm³/mol. The van der Waals surface area contributed by atoms with E-state index in [9.17, 15) is 0 Å². The number of nitrogens with one attached hydrogen (secondary N) is 2. The first-order chi connectivity index (χ1) is 5.40. The molecule has 0 bridgehead atoms. The van der Waals surface area contributed by atoms with Crippen LogP contribution in [-0.4, -0.2) is 6.54 Å². The lowest BCUT2D eigenvalue weighted by molar-refractivity contribution is 1.11. The molecule has 2 N–H and O–H groups in total. The van der Waals surface area contributed by atoms with Gasteiger partial charge in [-0.1, -0.05) is 0 Å². The van der Waals surface area contributed by atoms with Crippen molar-refractivity contribution >= 4 is 23.2 Å². The van der Waals surface area contributed by atoms with E-state index in [2.05, 4.69) is 16.2 Å². The molecule has 58 valence electrons. The molecule has 1 aliphatic rings. The molecule has 0 aromatic heterocycles. The van der Waals surface area contributed by atoms with E-state index in [0.717, 1.165) is 18.7 Å². The van der Waals surface area contributed by atoms with Gasteiger partial charge < -0.3 is 5.32 Å². The van der Waals surface area contributed by atoms with E-state index >= 15 is 0 Å². The zero-order valence-corrected chi connectivity index (χ0v) is 6.78. The molecule has 1 aromatic carbocycles. The second-order valence-corrected chi connectivity index (χ2v) is 2.83. The van der Waals surface area contributed by atoms with Crippen molar-refractivity contribution in [3.8, 4) is 0 Å². The maximum atomic E-state index is 5.46. The number of hydrogen-bond donors (Lipinski definition) is 2. The zero-order chi connectivity index (χ0) is 7.68. The van der Waals surface area contributed by atoms with Crippen molar-refractivity contribution in [2.24, 2.45) is 0 Å². The lowest BCUT2D eigenvalue weighted by Crippen LogP contribution is -1.90. The molecule has 0 amide bonds. The molecule has 0 fully saturated rings. The van der Waals surface area contributed by atoms with Crippen LogP contribution in [0, 0.1) is 0 Å². The summed E-state index contributed by atoms with van der Waals surface area (Å²) in [5.41, 5.74) is 3.55. The van der Waals surface area contributed by atoms with Crippen LogP contribution in [0.25, 0.3) is 0 Å². The monoisotopic (exact) mass is 168 g/mol. The summed E-state index contributed by atoms with van der Waals surface area (Å²) in [7, 11) is 0. The van der Waals surface area contributed by atoms with Gasteiger partial charge in [-0.25, -0.2) is 0 Å². The maximum absolute atomic E-state index is 5.46. The summed E-state index contributed by atoms with van der Waals surface area (Å²) < 4.78 is 0. The Balaban J connectivity index is 2.41. The highest BCUT2D eigenvalue weighted by molar-refractivity contribution is 6.24. The largest absolute Gasteiger partial charge is 0.384 e. The summed E-state index contributed by atoms with van der Waals surface area (Å²) in [6.07, 6.45) is 1.10. The van der Waals surface area contributed by atoms with Crippen LogP contribution >= 0.6 is 11.8 Å². The molecule has 1 aliphatic heterocycles. The van der Waals surface area contributed by atoms with Gasteiger partial charge in [-0.15, -0.1) is 0 Å². The third kappa shape index (κ3) is 1.14. The van der Waals surface area contributed by atoms with Crippen LogP contribution < -0.4 is 10.2 Å². The molecule has 0 atom stereocenters. The Labute approximate surface area is 70.7 Å². The van der Waals surface area contributed by atoms with Crippen molar-refractivity contribution < 1.29 is 0 Å². The molecule has 2 nitrogen and oxygen atoms in total. The van der Waals surface area contributed by atoms with Gasteiger partial charge in [0.25, 0.3) is 0 Å². The minimum absolute atomic E-state index is 0.967.